The molecule has 0 aliphatic heterocycles. The number of halogens is 1. The monoisotopic (exact) mass is 237 g/mol. The van der Waals surface area contributed by atoms with Gasteiger partial charge in [0.25, 0.3) is 0 Å². The second-order valence-electron chi connectivity index (χ2n) is 4.24. The summed E-state index contributed by atoms with van der Waals surface area (Å²) in [5, 5.41) is 0. The maximum absolute atomic E-state index is 13.6. The van der Waals surface area contributed by atoms with E-state index in [1.54, 1.807) is 6.07 Å². The molecule has 0 aliphatic rings. The Morgan fingerprint density at radius 2 is 2.18 bits per heavy atom. The molecule has 0 bridgehead atoms. The fraction of sp³-hybridized carbons (Fsp3) is 0.429. The fourth-order valence-electron chi connectivity index (χ4n) is 1.77. The van der Waals surface area contributed by atoms with Gasteiger partial charge in [0.15, 0.2) is 11.6 Å². The molecule has 0 saturated carbocycles. The highest BCUT2D eigenvalue weighted by molar-refractivity contribution is 5.67. The molecule has 0 unspecified atom stereocenters. The van der Waals surface area contributed by atoms with Crippen molar-refractivity contribution in [1.29, 1.82) is 0 Å². The Bertz CT molecular complexity index is 399. The third kappa shape index (κ3) is 3.56. The van der Waals surface area contributed by atoms with Crippen molar-refractivity contribution in [3.8, 4) is 5.75 Å². The van der Waals surface area contributed by atoms with E-state index in [1.165, 1.54) is 13.2 Å². The average Bonchev–Trinajstić information content (AvgIpc) is 2.29. The predicted octanol–water partition coefficient (Wildman–Crippen LogP) is 3.22. The van der Waals surface area contributed by atoms with Gasteiger partial charge >= 0.3 is 0 Å². The Kier molecular flexibility index (Phi) is 5.16. The third-order valence-corrected chi connectivity index (χ3v) is 2.64. The highest BCUT2D eigenvalue weighted by Gasteiger charge is 2.09. The molecular weight excluding hydrogens is 217 g/mol. The zero-order valence-electron chi connectivity index (χ0n) is 10.7. The molecule has 0 amide bonds. The topological polar surface area (TPSA) is 35.2 Å². The molecule has 0 spiro atoms. The smallest absolute Gasteiger partial charge is 0.165 e. The summed E-state index contributed by atoms with van der Waals surface area (Å²) in [4.78, 5) is 0. The standard InChI is InChI=1S/C14H20FNO/c1-10(2)12(5-4-8-16)11-6-7-14(17-3)13(15)9-11/h5-7,9-10H,4,8,16H2,1-3H3/b12-5+. The van der Waals surface area contributed by atoms with Crippen LogP contribution in [0.5, 0.6) is 5.75 Å². The zero-order valence-corrected chi connectivity index (χ0v) is 10.7. The lowest BCUT2D eigenvalue weighted by Gasteiger charge is -2.13. The van der Waals surface area contributed by atoms with Crippen molar-refractivity contribution in [3.63, 3.8) is 0 Å². The van der Waals surface area contributed by atoms with E-state index in [0.717, 1.165) is 17.6 Å². The highest BCUT2D eigenvalue weighted by Crippen LogP contribution is 2.27. The minimum atomic E-state index is -0.329. The molecule has 0 saturated heterocycles. The first-order chi connectivity index (χ1) is 8.10. The van der Waals surface area contributed by atoms with Crippen molar-refractivity contribution in [2.75, 3.05) is 13.7 Å². The van der Waals surface area contributed by atoms with Gasteiger partial charge in [0.2, 0.25) is 0 Å². The summed E-state index contributed by atoms with van der Waals surface area (Å²) >= 11 is 0. The van der Waals surface area contributed by atoms with E-state index >= 15 is 0 Å². The van der Waals surface area contributed by atoms with Gasteiger partial charge in [-0.2, -0.15) is 0 Å². The second kappa shape index (κ2) is 6.40. The molecule has 3 heteroatoms. The first kappa shape index (κ1) is 13.7. The van der Waals surface area contributed by atoms with Crippen LogP contribution in [0.1, 0.15) is 25.8 Å². The van der Waals surface area contributed by atoms with Crippen molar-refractivity contribution in [2.24, 2.45) is 11.7 Å². The molecule has 0 heterocycles. The van der Waals surface area contributed by atoms with Gasteiger partial charge in [-0.15, -0.1) is 0 Å². The van der Waals surface area contributed by atoms with Crippen molar-refractivity contribution in [1.82, 2.24) is 0 Å². The van der Waals surface area contributed by atoms with E-state index in [1.807, 2.05) is 6.07 Å². The number of hydrogen-bond acceptors (Lipinski definition) is 2. The molecule has 0 aromatic heterocycles. The lowest BCUT2D eigenvalue weighted by molar-refractivity contribution is 0.386. The van der Waals surface area contributed by atoms with Crippen LogP contribution in [0, 0.1) is 11.7 Å². The number of allylic oxidation sites excluding steroid dienone is 1. The third-order valence-electron chi connectivity index (χ3n) is 2.64. The molecule has 1 aromatic carbocycles. The van der Waals surface area contributed by atoms with Crippen LogP contribution in [0.15, 0.2) is 24.3 Å². The lowest BCUT2D eigenvalue weighted by atomic mass is 9.94. The van der Waals surface area contributed by atoms with Crippen LogP contribution in [0.4, 0.5) is 4.39 Å². The van der Waals surface area contributed by atoms with E-state index in [9.17, 15) is 4.39 Å². The molecule has 1 rings (SSSR count). The molecule has 2 nitrogen and oxygen atoms in total. The van der Waals surface area contributed by atoms with Crippen molar-refractivity contribution >= 4 is 5.57 Å². The number of hydrogen-bond donors (Lipinski definition) is 1. The SMILES string of the molecule is COc1ccc(/C(=C/CCN)C(C)C)cc1F. The summed E-state index contributed by atoms with van der Waals surface area (Å²) in [5.41, 5.74) is 7.51. The Morgan fingerprint density at radius 3 is 2.65 bits per heavy atom. The zero-order chi connectivity index (χ0) is 12.8. The van der Waals surface area contributed by atoms with Gasteiger partial charge in [-0.25, -0.2) is 4.39 Å². The molecular formula is C14H20FNO. The van der Waals surface area contributed by atoms with Crippen LogP contribution >= 0.6 is 0 Å². The van der Waals surface area contributed by atoms with E-state index in [0.29, 0.717) is 12.5 Å². The van der Waals surface area contributed by atoms with Crippen molar-refractivity contribution in [2.45, 2.75) is 20.3 Å². The van der Waals surface area contributed by atoms with Gasteiger partial charge in [0, 0.05) is 0 Å². The van der Waals surface area contributed by atoms with Gasteiger partial charge in [-0.1, -0.05) is 26.0 Å². The Morgan fingerprint density at radius 1 is 1.47 bits per heavy atom. The van der Waals surface area contributed by atoms with E-state index < -0.39 is 0 Å². The van der Waals surface area contributed by atoms with Gasteiger partial charge < -0.3 is 10.5 Å². The Hall–Kier alpha value is -1.35. The quantitative estimate of drug-likeness (QED) is 0.853. The molecule has 1 aromatic rings. The largest absolute Gasteiger partial charge is 0.494 e. The average molecular weight is 237 g/mol. The molecule has 0 fully saturated rings. The molecule has 94 valence electrons. The van der Waals surface area contributed by atoms with E-state index in [-0.39, 0.29) is 11.6 Å². The summed E-state index contributed by atoms with van der Waals surface area (Å²) < 4.78 is 18.5. The number of rotatable bonds is 5. The first-order valence-corrected chi connectivity index (χ1v) is 5.84. The van der Waals surface area contributed by atoms with Crippen LogP contribution < -0.4 is 10.5 Å². The number of methoxy groups -OCH3 is 1. The van der Waals surface area contributed by atoms with Crippen LogP contribution in [0.2, 0.25) is 0 Å². The molecule has 2 N–H and O–H groups in total. The molecule has 0 radical (unpaired) electrons. The second-order valence-corrected chi connectivity index (χ2v) is 4.24. The number of nitrogens with two attached hydrogens (primary N) is 1. The maximum Gasteiger partial charge on any atom is 0.165 e. The molecule has 0 aliphatic carbocycles. The normalized spacial score (nSPS) is 12.0. The minimum Gasteiger partial charge on any atom is -0.494 e. The minimum absolute atomic E-state index is 0.274. The lowest BCUT2D eigenvalue weighted by Crippen LogP contribution is -2.00. The summed E-state index contributed by atoms with van der Waals surface area (Å²) in [6.45, 7) is 4.78. The van der Waals surface area contributed by atoms with Gasteiger partial charge in [-0.05, 0) is 42.2 Å². The summed E-state index contributed by atoms with van der Waals surface area (Å²) in [5.74, 6) is 0.286. The van der Waals surface area contributed by atoms with Crippen molar-refractivity contribution in [3.05, 3.63) is 35.7 Å². The number of benzene rings is 1. The molecule has 0 atom stereocenters. The fourth-order valence-corrected chi connectivity index (χ4v) is 1.77. The van der Waals surface area contributed by atoms with Crippen LogP contribution in [-0.4, -0.2) is 13.7 Å². The van der Waals surface area contributed by atoms with Gasteiger partial charge in [0.1, 0.15) is 0 Å². The van der Waals surface area contributed by atoms with Crippen LogP contribution in [-0.2, 0) is 0 Å². The van der Waals surface area contributed by atoms with Crippen molar-refractivity contribution < 1.29 is 9.13 Å². The van der Waals surface area contributed by atoms with E-state index in [2.05, 4.69) is 19.9 Å². The van der Waals surface area contributed by atoms with Gasteiger partial charge in [-0.3, -0.25) is 0 Å². The maximum atomic E-state index is 13.6. The Balaban J connectivity index is 3.07. The van der Waals surface area contributed by atoms with Crippen LogP contribution in [0.25, 0.3) is 5.57 Å². The summed E-state index contributed by atoms with van der Waals surface area (Å²) in [7, 11) is 1.46. The first-order valence-electron chi connectivity index (χ1n) is 5.84. The van der Waals surface area contributed by atoms with E-state index in [4.69, 9.17) is 10.5 Å². The summed E-state index contributed by atoms with van der Waals surface area (Å²) in [6.07, 6.45) is 2.88. The van der Waals surface area contributed by atoms with Gasteiger partial charge in [0.05, 0.1) is 7.11 Å². The molecule has 17 heavy (non-hydrogen) atoms. The predicted molar refractivity (Wildman–Crippen MR) is 69.4 cm³/mol. The highest BCUT2D eigenvalue weighted by atomic mass is 19.1. The Labute approximate surface area is 102 Å². The van der Waals surface area contributed by atoms with Crippen LogP contribution in [0.3, 0.4) is 0 Å². The number of ether oxygens (including phenoxy) is 1. The summed E-state index contributed by atoms with van der Waals surface area (Å²) in [6, 6.07) is 5.05.